The molecule has 1 aromatic heterocycles. The Morgan fingerprint density at radius 2 is 1.68 bits per heavy atom. The van der Waals surface area contributed by atoms with Crippen LogP contribution in [0.2, 0.25) is 0 Å². The third kappa shape index (κ3) is 3.74. The molecular formula is C23H21N3O2. The largest absolute Gasteiger partial charge is 0.495 e. The molecule has 0 saturated heterocycles. The summed E-state index contributed by atoms with van der Waals surface area (Å²) >= 11 is 0. The predicted molar refractivity (Wildman–Crippen MR) is 111 cm³/mol. The van der Waals surface area contributed by atoms with Gasteiger partial charge >= 0.3 is 0 Å². The van der Waals surface area contributed by atoms with Crippen molar-refractivity contribution in [2.24, 2.45) is 0 Å². The molecule has 4 aromatic rings. The van der Waals surface area contributed by atoms with E-state index in [0.29, 0.717) is 17.9 Å². The molecule has 0 bridgehead atoms. The first-order valence-corrected chi connectivity index (χ1v) is 9.15. The summed E-state index contributed by atoms with van der Waals surface area (Å²) < 4.78 is 7.30. The lowest BCUT2D eigenvalue weighted by molar-refractivity contribution is -0.116. The van der Waals surface area contributed by atoms with E-state index in [9.17, 15) is 4.79 Å². The first-order valence-electron chi connectivity index (χ1n) is 9.15. The first-order chi connectivity index (χ1) is 13.7. The minimum Gasteiger partial charge on any atom is -0.495 e. The second kappa shape index (κ2) is 7.96. The number of aromatic nitrogens is 2. The number of hydrogen-bond acceptors (Lipinski definition) is 3. The van der Waals surface area contributed by atoms with Gasteiger partial charge in [0.05, 0.1) is 23.8 Å². The number of anilines is 1. The molecule has 28 heavy (non-hydrogen) atoms. The minimum atomic E-state index is -0.123. The highest BCUT2D eigenvalue weighted by Gasteiger charge is 2.15. The van der Waals surface area contributed by atoms with E-state index in [4.69, 9.17) is 9.72 Å². The van der Waals surface area contributed by atoms with Gasteiger partial charge in [-0.15, -0.1) is 0 Å². The van der Waals surface area contributed by atoms with Gasteiger partial charge in [-0.2, -0.15) is 0 Å². The summed E-state index contributed by atoms with van der Waals surface area (Å²) in [7, 11) is 1.59. The molecule has 140 valence electrons. The van der Waals surface area contributed by atoms with E-state index >= 15 is 0 Å². The number of carbonyl (C=O) groups excluding carboxylic acids is 1. The van der Waals surface area contributed by atoms with E-state index in [-0.39, 0.29) is 12.5 Å². The van der Waals surface area contributed by atoms with Crippen LogP contribution in [0.5, 0.6) is 5.75 Å². The molecule has 5 nitrogen and oxygen atoms in total. The van der Waals surface area contributed by atoms with Crippen molar-refractivity contribution < 1.29 is 9.53 Å². The van der Waals surface area contributed by atoms with Gasteiger partial charge in [0.25, 0.3) is 0 Å². The molecular weight excluding hydrogens is 350 g/mol. The molecule has 0 radical (unpaired) electrons. The quantitative estimate of drug-likeness (QED) is 0.551. The van der Waals surface area contributed by atoms with E-state index in [1.807, 2.05) is 71.3 Å². The van der Waals surface area contributed by atoms with Crippen LogP contribution in [-0.2, 0) is 17.8 Å². The molecule has 0 aliphatic carbocycles. The zero-order chi connectivity index (χ0) is 19.3. The summed E-state index contributed by atoms with van der Waals surface area (Å²) in [5, 5.41) is 2.94. The van der Waals surface area contributed by atoms with Gasteiger partial charge in [-0.05, 0) is 29.8 Å². The van der Waals surface area contributed by atoms with Gasteiger partial charge < -0.3 is 14.6 Å². The molecule has 3 aromatic carbocycles. The van der Waals surface area contributed by atoms with E-state index in [2.05, 4.69) is 17.4 Å². The van der Waals surface area contributed by atoms with Gasteiger partial charge in [-0.25, -0.2) is 4.98 Å². The van der Waals surface area contributed by atoms with Crippen molar-refractivity contribution in [1.29, 1.82) is 0 Å². The van der Waals surface area contributed by atoms with Crippen LogP contribution in [0.3, 0.4) is 0 Å². The van der Waals surface area contributed by atoms with Crippen molar-refractivity contribution in [2.45, 2.75) is 13.0 Å². The number of hydrogen-bond donors (Lipinski definition) is 1. The van der Waals surface area contributed by atoms with Crippen molar-refractivity contribution >= 4 is 22.6 Å². The third-order valence-electron chi connectivity index (χ3n) is 4.62. The second-order valence-corrected chi connectivity index (χ2v) is 6.51. The molecule has 0 aliphatic heterocycles. The normalized spacial score (nSPS) is 10.8. The fourth-order valence-electron chi connectivity index (χ4n) is 3.30. The Hall–Kier alpha value is -3.60. The number of imidazole rings is 1. The number of ether oxygens (including phenoxy) is 1. The molecule has 0 saturated carbocycles. The van der Waals surface area contributed by atoms with Gasteiger partial charge in [-0.1, -0.05) is 54.6 Å². The van der Waals surface area contributed by atoms with Gasteiger partial charge in [0, 0.05) is 6.42 Å². The van der Waals surface area contributed by atoms with Crippen molar-refractivity contribution in [3.63, 3.8) is 0 Å². The van der Waals surface area contributed by atoms with E-state index < -0.39 is 0 Å². The summed E-state index contributed by atoms with van der Waals surface area (Å²) in [6, 6.07) is 25.4. The minimum absolute atomic E-state index is 0.123. The number of methoxy groups -OCH3 is 1. The molecule has 4 rings (SSSR count). The zero-order valence-corrected chi connectivity index (χ0v) is 15.6. The number of benzene rings is 3. The van der Waals surface area contributed by atoms with Gasteiger partial charge in [0.2, 0.25) is 5.91 Å². The number of fused-ring (bicyclic) bond motifs is 1. The maximum Gasteiger partial charge on any atom is 0.244 e. The van der Waals surface area contributed by atoms with E-state index in [1.165, 1.54) is 0 Å². The van der Waals surface area contributed by atoms with Crippen molar-refractivity contribution in [2.75, 3.05) is 12.4 Å². The Morgan fingerprint density at radius 3 is 2.50 bits per heavy atom. The van der Waals surface area contributed by atoms with Crippen LogP contribution in [0.25, 0.3) is 11.0 Å². The molecule has 1 amide bonds. The van der Waals surface area contributed by atoms with Crippen LogP contribution in [-0.4, -0.2) is 22.6 Å². The average Bonchev–Trinajstić information content (AvgIpc) is 3.06. The highest BCUT2D eigenvalue weighted by atomic mass is 16.5. The van der Waals surface area contributed by atoms with Crippen LogP contribution in [0.15, 0.2) is 78.9 Å². The van der Waals surface area contributed by atoms with Crippen LogP contribution < -0.4 is 10.1 Å². The lowest BCUT2D eigenvalue weighted by Gasteiger charge is -2.12. The van der Waals surface area contributed by atoms with Crippen LogP contribution in [0.1, 0.15) is 11.4 Å². The monoisotopic (exact) mass is 371 g/mol. The molecule has 0 fully saturated rings. The predicted octanol–water partition coefficient (Wildman–Crippen LogP) is 4.27. The Kier molecular flexibility index (Phi) is 5.06. The highest BCUT2D eigenvalue weighted by Crippen LogP contribution is 2.24. The average molecular weight is 371 g/mol. The highest BCUT2D eigenvalue weighted by molar-refractivity contribution is 5.93. The fraction of sp³-hybridized carbons (Fsp3) is 0.130. The molecule has 0 unspecified atom stereocenters. The molecule has 5 heteroatoms. The topological polar surface area (TPSA) is 56.1 Å². The first kappa shape index (κ1) is 17.8. The molecule has 0 aliphatic rings. The summed E-state index contributed by atoms with van der Waals surface area (Å²) in [4.78, 5) is 17.5. The number of para-hydroxylation sites is 4. The van der Waals surface area contributed by atoms with Gasteiger partial charge in [-0.3, -0.25) is 4.79 Å². The number of rotatable bonds is 6. The maximum atomic E-state index is 12.8. The zero-order valence-electron chi connectivity index (χ0n) is 15.6. The lowest BCUT2D eigenvalue weighted by Crippen LogP contribution is -2.20. The summed E-state index contributed by atoms with van der Waals surface area (Å²) in [5.41, 5.74) is 3.65. The summed E-state index contributed by atoms with van der Waals surface area (Å²) in [6.45, 7) is 0.181. The van der Waals surface area contributed by atoms with Crippen LogP contribution in [0.4, 0.5) is 5.69 Å². The molecule has 0 spiro atoms. The van der Waals surface area contributed by atoms with Crippen LogP contribution in [0, 0.1) is 0 Å². The van der Waals surface area contributed by atoms with Crippen molar-refractivity contribution in [1.82, 2.24) is 9.55 Å². The molecule has 1 N–H and O–H groups in total. The number of nitrogens with zero attached hydrogens (tertiary/aromatic N) is 2. The fourth-order valence-corrected chi connectivity index (χ4v) is 3.30. The lowest BCUT2D eigenvalue weighted by atomic mass is 10.1. The van der Waals surface area contributed by atoms with Gasteiger partial charge in [0.1, 0.15) is 18.1 Å². The number of amides is 1. The Labute approximate surface area is 163 Å². The maximum absolute atomic E-state index is 12.8. The number of nitrogens with one attached hydrogen (secondary N) is 1. The Bertz CT molecular complexity index is 1100. The Morgan fingerprint density at radius 1 is 0.964 bits per heavy atom. The molecule has 1 heterocycles. The van der Waals surface area contributed by atoms with Gasteiger partial charge in [0.15, 0.2) is 0 Å². The van der Waals surface area contributed by atoms with E-state index in [0.717, 1.165) is 22.4 Å². The smallest absolute Gasteiger partial charge is 0.244 e. The molecule has 0 atom stereocenters. The standard InChI is InChI=1S/C23H21N3O2/c1-28-21-14-8-6-12-19(21)25-23(27)16-26-20-13-7-5-11-18(20)24-22(26)15-17-9-3-2-4-10-17/h2-14H,15-16H2,1H3,(H,25,27). The number of carbonyl (C=O) groups is 1. The Balaban J connectivity index is 1.63. The van der Waals surface area contributed by atoms with Crippen molar-refractivity contribution in [3.8, 4) is 5.75 Å². The summed E-state index contributed by atoms with van der Waals surface area (Å²) in [5.74, 6) is 1.38. The second-order valence-electron chi connectivity index (χ2n) is 6.51. The van der Waals surface area contributed by atoms with E-state index in [1.54, 1.807) is 7.11 Å². The van der Waals surface area contributed by atoms with Crippen molar-refractivity contribution in [3.05, 3.63) is 90.3 Å². The third-order valence-corrected chi connectivity index (χ3v) is 4.62. The SMILES string of the molecule is COc1ccccc1NC(=O)Cn1c(Cc2ccccc2)nc2ccccc21. The van der Waals surface area contributed by atoms with Crippen LogP contribution >= 0.6 is 0 Å². The summed E-state index contributed by atoms with van der Waals surface area (Å²) in [6.07, 6.45) is 0.664.